The number of nitrogens with zero attached hydrogens (tertiary/aromatic N) is 2. The summed E-state index contributed by atoms with van der Waals surface area (Å²) in [5, 5.41) is 10.1. The molecule has 4 heteroatoms. The molecule has 0 unspecified atom stereocenters. The number of nitrogens with one attached hydrogen (secondary N) is 1. The van der Waals surface area contributed by atoms with Gasteiger partial charge < -0.3 is 0 Å². The highest BCUT2D eigenvalue weighted by Crippen LogP contribution is 1.76. The first-order valence-corrected chi connectivity index (χ1v) is 1.54. The molecule has 3 nitrogen and oxygen atoms in total. The molecule has 1 aliphatic rings. The molecular formula is C2H6ClN3. The first-order valence-electron chi connectivity index (χ1n) is 1.54. The van der Waals surface area contributed by atoms with E-state index >= 15 is 0 Å². The average molecular weight is 108 g/mol. The Kier molecular flexibility index (Phi) is 2.98. The minimum absolute atomic E-state index is 0. The molecule has 0 aromatic carbocycles. The highest BCUT2D eigenvalue weighted by atomic mass is 35.5. The molecule has 0 aliphatic carbocycles. The lowest BCUT2D eigenvalue weighted by Gasteiger charge is -1.72. The number of hydrogen-bond donors (Lipinski definition) is 1. The average Bonchev–Trinajstić information content (AvgIpc) is 1.76. The van der Waals surface area contributed by atoms with Crippen LogP contribution in [0.25, 0.3) is 0 Å². The van der Waals surface area contributed by atoms with E-state index in [9.17, 15) is 0 Å². The highest BCUT2D eigenvalue weighted by Gasteiger charge is 1.83. The van der Waals surface area contributed by atoms with Crippen LogP contribution >= 0.6 is 12.4 Å². The van der Waals surface area contributed by atoms with Crippen LogP contribution < -0.4 is 5.32 Å². The van der Waals surface area contributed by atoms with E-state index in [2.05, 4.69) is 15.5 Å². The van der Waals surface area contributed by atoms with E-state index in [4.69, 9.17) is 0 Å². The molecule has 0 saturated carbocycles. The van der Waals surface area contributed by atoms with Gasteiger partial charge in [0.1, 0.15) is 13.3 Å². The quantitative estimate of drug-likeness (QED) is 0.477. The van der Waals surface area contributed by atoms with Gasteiger partial charge in [-0.15, -0.1) is 12.4 Å². The third-order valence-corrected chi connectivity index (χ3v) is 0.465. The van der Waals surface area contributed by atoms with Gasteiger partial charge in [0.05, 0.1) is 0 Å². The predicted molar refractivity (Wildman–Crippen MR) is 25.0 cm³/mol. The van der Waals surface area contributed by atoms with Crippen LogP contribution in [0, 0.1) is 0 Å². The first-order chi connectivity index (χ1) is 2.50. The Balaban J connectivity index is 0.000000250. The number of azo groups is 1. The molecule has 0 aromatic heterocycles. The van der Waals surface area contributed by atoms with E-state index < -0.39 is 0 Å². The number of halogens is 1. The SMILES string of the molecule is C1N=NCN1.Cl. The summed E-state index contributed by atoms with van der Waals surface area (Å²) in [5.41, 5.74) is 0. The monoisotopic (exact) mass is 107 g/mol. The third-order valence-electron chi connectivity index (χ3n) is 0.465. The maximum absolute atomic E-state index is 3.60. The van der Waals surface area contributed by atoms with Crippen molar-refractivity contribution in [2.45, 2.75) is 0 Å². The smallest absolute Gasteiger partial charge is 0.111 e. The van der Waals surface area contributed by atoms with E-state index in [1.807, 2.05) is 0 Å². The van der Waals surface area contributed by atoms with Gasteiger partial charge in [-0.05, 0) is 0 Å². The van der Waals surface area contributed by atoms with Crippen molar-refractivity contribution in [2.75, 3.05) is 13.3 Å². The lowest BCUT2D eigenvalue weighted by Crippen LogP contribution is -2.04. The summed E-state index contributed by atoms with van der Waals surface area (Å²) >= 11 is 0. The minimum atomic E-state index is 0. The molecule has 0 spiro atoms. The lowest BCUT2D eigenvalue weighted by molar-refractivity contribution is 0.831. The van der Waals surface area contributed by atoms with Crippen LogP contribution in [0.15, 0.2) is 10.2 Å². The van der Waals surface area contributed by atoms with Crippen LogP contribution in [0.5, 0.6) is 0 Å². The molecule has 1 rings (SSSR count). The summed E-state index contributed by atoms with van der Waals surface area (Å²) in [5.74, 6) is 0. The molecule has 0 fully saturated rings. The van der Waals surface area contributed by atoms with Crippen LogP contribution in [0.2, 0.25) is 0 Å². The largest absolute Gasteiger partial charge is 0.276 e. The van der Waals surface area contributed by atoms with E-state index in [1.165, 1.54) is 0 Å². The summed E-state index contributed by atoms with van der Waals surface area (Å²) in [7, 11) is 0. The van der Waals surface area contributed by atoms with Crippen molar-refractivity contribution in [3.63, 3.8) is 0 Å². The standard InChI is InChI=1S/C2H5N3.ClH/c1-3-2-5-4-1;/h3H,1-2H2;1H. The van der Waals surface area contributed by atoms with Crippen LogP contribution in [0.1, 0.15) is 0 Å². The van der Waals surface area contributed by atoms with Crippen LogP contribution in [0.3, 0.4) is 0 Å². The van der Waals surface area contributed by atoms with Gasteiger partial charge in [0, 0.05) is 0 Å². The Morgan fingerprint density at radius 2 is 1.67 bits per heavy atom. The number of hydrogen-bond acceptors (Lipinski definition) is 3. The van der Waals surface area contributed by atoms with E-state index in [1.54, 1.807) is 0 Å². The van der Waals surface area contributed by atoms with Crippen LogP contribution in [-0.4, -0.2) is 13.3 Å². The van der Waals surface area contributed by atoms with Crippen molar-refractivity contribution in [3.8, 4) is 0 Å². The van der Waals surface area contributed by atoms with Crippen molar-refractivity contribution in [1.29, 1.82) is 0 Å². The summed E-state index contributed by atoms with van der Waals surface area (Å²) in [6, 6.07) is 0. The van der Waals surface area contributed by atoms with Crippen molar-refractivity contribution in [2.24, 2.45) is 10.2 Å². The maximum Gasteiger partial charge on any atom is 0.111 e. The zero-order valence-corrected chi connectivity index (χ0v) is 4.03. The summed E-state index contributed by atoms with van der Waals surface area (Å²) in [6.45, 7) is 1.42. The van der Waals surface area contributed by atoms with Gasteiger partial charge in [-0.3, -0.25) is 5.32 Å². The second-order valence-electron chi connectivity index (χ2n) is 0.849. The molecule has 0 bridgehead atoms. The maximum atomic E-state index is 3.60. The van der Waals surface area contributed by atoms with Crippen LogP contribution in [-0.2, 0) is 0 Å². The number of rotatable bonds is 0. The molecule has 0 saturated heterocycles. The third kappa shape index (κ3) is 1.33. The minimum Gasteiger partial charge on any atom is -0.276 e. The Hall–Kier alpha value is -0.150. The van der Waals surface area contributed by atoms with Gasteiger partial charge >= 0.3 is 0 Å². The second-order valence-corrected chi connectivity index (χ2v) is 0.849. The highest BCUT2D eigenvalue weighted by molar-refractivity contribution is 5.85. The summed E-state index contributed by atoms with van der Waals surface area (Å²) < 4.78 is 0. The second kappa shape index (κ2) is 3.06. The Bertz CT molecular complexity index is 46.8. The zero-order valence-electron chi connectivity index (χ0n) is 3.22. The zero-order chi connectivity index (χ0) is 3.54. The predicted octanol–water partition coefficient (Wildman–Crippen LogP) is 0.379. The summed E-state index contributed by atoms with van der Waals surface area (Å²) in [4.78, 5) is 0. The van der Waals surface area contributed by atoms with Crippen molar-refractivity contribution < 1.29 is 0 Å². The Morgan fingerprint density at radius 1 is 1.17 bits per heavy atom. The molecule has 0 aromatic rings. The van der Waals surface area contributed by atoms with Gasteiger partial charge in [-0.25, -0.2) is 0 Å². The van der Waals surface area contributed by atoms with E-state index in [-0.39, 0.29) is 12.4 Å². The molecule has 36 valence electrons. The molecule has 0 amide bonds. The van der Waals surface area contributed by atoms with E-state index in [0.29, 0.717) is 13.3 Å². The molecule has 1 aliphatic heterocycles. The molecule has 6 heavy (non-hydrogen) atoms. The van der Waals surface area contributed by atoms with Crippen LogP contribution in [0.4, 0.5) is 0 Å². The van der Waals surface area contributed by atoms with Crippen molar-refractivity contribution in [3.05, 3.63) is 0 Å². The summed E-state index contributed by atoms with van der Waals surface area (Å²) in [6.07, 6.45) is 0. The molecule has 0 atom stereocenters. The fraction of sp³-hybridized carbons (Fsp3) is 1.00. The molecular weight excluding hydrogens is 101 g/mol. The lowest BCUT2D eigenvalue weighted by atomic mass is 11.1. The van der Waals surface area contributed by atoms with E-state index in [0.717, 1.165) is 0 Å². The molecule has 1 heterocycles. The fourth-order valence-electron chi connectivity index (χ4n) is 0.250. The fourth-order valence-corrected chi connectivity index (χ4v) is 0.250. The van der Waals surface area contributed by atoms with Gasteiger partial charge in [0.15, 0.2) is 0 Å². The van der Waals surface area contributed by atoms with Gasteiger partial charge in [0.25, 0.3) is 0 Å². The molecule has 0 radical (unpaired) electrons. The normalized spacial score (nSPS) is 17.3. The van der Waals surface area contributed by atoms with Crippen molar-refractivity contribution in [1.82, 2.24) is 5.32 Å². The Morgan fingerprint density at radius 3 is 1.83 bits per heavy atom. The first kappa shape index (κ1) is 5.85. The van der Waals surface area contributed by atoms with Gasteiger partial charge in [0.2, 0.25) is 0 Å². The molecule has 1 N–H and O–H groups in total. The Labute approximate surface area is 42.2 Å². The van der Waals surface area contributed by atoms with Crippen molar-refractivity contribution >= 4 is 12.4 Å². The van der Waals surface area contributed by atoms with Gasteiger partial charge in [-0.2, -0.15) is 10.2 Å². The topological polar surface area (TPSA) is 36.8 Å². The van der Waals surface area contributed by atoms with Gasteiger partial charge in [-0.1, -0.05) is 0 Å².